The lowest BCUT2D eigenvalue weighted by Crippen LogP contribution is -2.42. The third-order valence-corrected chi connectivity index (χ3v) is 2.61. The van der Waals surface area contributed by atoms with Gasteiger partial charge in [-0.25, -0.2) is 5.01 Å². The minimum absolute atomic E-state index is 1.13. The largest absolute Gasteiger partial charge is 0.254 e. The van der Waals surface area contributed by atoms with Gasteiger partial charge in [-0.2, -0.15) is 11.8 Å². The van der Waals surface area contributed by atoms with Gasteiger partial charge in [0.1, 0.15) is 0 Å². The van der Waals surface area contributed by atoms with Crippen molar-refractivity contribution in [2.24, 2.45) is 0 Å². The summed E-state index contributed by atoms with van der Waals surface area (Å²) in [6.45, 7) is 3.62. The number of piperidine rings is 1. The molecule has 1 rings (SSSR count). The van der Waals surface area contributed by atoms with Crippen LogP contribution >= 0.6 is 11.8 Å². The van der Waals surface area contributed by atoms with Crippen LogP contribution in [-0.2, 0) is 0 Å². The molecule has 0 aromatic heterocycles. The summed E-state index contributed by atoms with van der Waals surface area (Å²) in [4.78, 5) is 0. The zero-order chi connectivity index (χ0) is 7.94. The molecular formula is C8H18N2S. The van der Waals surface area contributed by atoms with Crippen LogP contribution in [0.3, 0.4) is 0 Å². The molecule has 0 amide bonds. The average molecular weight is 174 g/mol. The van der Waals surface area contributed by atoms with Crippen molar-refractivity contribution in [2.75, 3.05) is 31.6 Å². The van der Waals surface area contributed by atoms with E-state index in [0.717, 1.165) is 6.54 Å². The van der Waals surface area contributed by atoms with E-state index in [2.05, 4.69) is 16.7 Å². The predicted molar refractivity (Wildman–Crippen MR) is 51.8 cm³/mol. The summed E-state index contributed by atoms with van der Waals surface area (Å²) in [5.74, 6) is 1.22. The Morgan fingerprint density at radius 2 is 2.00 bits per heavy atom. The summed E-state index contributed by atoms with van der Waals surface area (Å²) in [5, 5.41) is 2.36. The second-order valence-electron chi connectivity index (χ2n) is 2.95. The van der Waals surface area contributed by atoms with Crippen LogP contribution in [0.15, 0.2) is 0 Å². The Hall–Kier alpha value is 0.270. The number of hydrazine groups is 1. The Balaban J connectivity index is 1.96. The van der Waals surface area contributed by atoms with E-state index in [1.807, 2.05) is 11.8 Å². The fourth-order valence-corrected chi connectivity index (χ4v) is 1.65. The first-order valence-corrected chi connectivity index (χ1v) is 5.80. The van der Waals surface area contributed by atoms with E-state index in [1.54, 1.807) is 0 Å². The molecular weight excluding hydrogens is 156 g/mol. The summed E-state index contributed by atoms with van der Waals surface area (Å²) in [6, 6.07) is 0. The van der Waals surface area contributed by atoms with Crippen LogP contribution in [0.1, 0.15) is 19.3 Å². The van der Waals surface area contributed by atoms with Gasteiger partial charge in [-0.3, -0.25) is 5.43 Å². The molecule has 1 aliphatic heterocycles. The summed E-state index contributed by atoms with van der Waals surface area (Å²) in [5.41, 5.74) is 3.44. The van der Waals surface area contributed by atoms with Gasteiger partial charge in [0.2, 0.25) is 0 Å². The molecule has 0 radical (unpaired) electrons. The van der Waals surface area contributed by atoms with E-state index in [9.17, 15) is 0 Å². The highest BCUT2D eigenvalue weighted by Crippen LogP contribution is 2.05. The van der Waals surface area contributed by atoms with Gasteiger partial charge >= 0.3 is 0 Å². The molecule has 0 atom stereocenters. The van der Waals surface area contributed by atoms with Crippen molar-refractivity contribution in [1.82, 2.24) is 10.4 Å². The SMILES string of the molecule is CSCCNN1CCCCC1. The summed E-state index contributed by atoms with van der Waals surface area (Å²) in [7, 11) is 0. The van der Waals surface area contributed by atoms with Gasteiger partial charge in [0.05, 0.1) is 0 Å². The maximum atomic E-state index is 3.44. The summed E-state index contributed by atoms with van der Waals surface area (Å²) < 4.78 is 0. The Labute approximate surface area is 73.7 Å². The molecule has 2 nitrogen and oxygen atoms in total. The normalized spacial score (nSPS) is 20.5. The molecule has 3 heteroatoms. The molecule has 0 unspecified atom stereocenters. The van der Waals surface area contributed by atoms with Crippen molar-refractivity contribution in [2.45, 2.75) is 19.3 Å². The predicted octanol–water partition coefficient (Wildman–Crippen LogP) is 1.34. The first-order valence-electron chi connectivity index (χ1n) is 4.41. The third-order valence-electron chi connectivity index (χ3n) is 2.00. The van der Waals surface area contributed by atoms with Gasteiger partial charge in [-0.1, -0.05) is 6.42 Å². The van der Waals surface area contributed by atoms with E-state index in [1.165, 1.54) is 38.1 Å². The molecule has 0 spiro atoms. The monoisotopic (exact) mass is 174 g/mol. The molecule has 0 aromatic carbocycles. The number of nitrogens with one attached hydrogen (secondary N) is 1. The maximum Gasteiger partial charge on any atom is 0.0193 e. The van der Waals surface area contributed by atoms with E-state index >= 15 is 0 Å². The van der Waals surface area contributed by atoms with Crippen LogP contribution in [-0.4, -0.2) is 36.7 Å². The van der Waals surface area contributed by atoms with Crippen LogP contribution in [0.25, 0.3) is 0 Å². The Bertz CT molecular complexity index is 92.1. The highest BCUT2D eigenvalue weighted by Gasteiger charge is 2.07. The minimum Gasteiger partial charge on any atom is -0.254 e. The second-order valence-corrected chi connectivity index (χ2v) is 3.93. The Kier molecular flexibility index (Phi) is 4.99. The average Bonchev–Trinajstić information content (AvgIpc) is 2.07. The van der Waals surface area contributed by atoms with Crippen LogP contribution in [0.5, 0.6) is 0 Å². The molecule has 0 bridgehead atoms. The lowest BCUT2D eigenvalue weighted by Gasteiger charge is -2.26. The first-order chi connectivity index (χ1) is 5.43. The minimum atomic E-state index is 1.13. The third kappa shape index (κ3) is 3.99. The van der Waals surface area contributed by atoms with E-state index < -0.39 is 0 Å². The molecule has 11 heavy (non-hydrogen) atoms. The van der Waals surface area contributed by atoms with Crippen molar-refractivity contribution in [3.8, 4) is 0 Å². The molecule has 0 aromatic rings. The topological polar surface area (TPSA) is 15.3 Å². The lowest BCUT2D eigenvalue weighted by molar-refractivity contribution is 0.159. The zero-order valence-corrected chi connectivity index (χ0v) is 8.12. The van der Waals surface area contributed by atoms with Crippen molar-refractivity contribution in [1.29, 1.82) is 0 Å². The van der Waals surface area contributed by atoms with Crippen molar-refractivity contribution in [3.05, 3.63) is 0 Å². The molecule has 1 fully saturated rings. The molecule has 1 heterocycles. The number of hydrogen-bond acceptors (Lipinski definition) is 3. The van der Waals surface area contributed by atoms with Gasteiger partial charge < -0.3 is 0 Å². The summed E-state index contributed by atoms with van der Waals surface area (Å²) >= 11 is 1.90. The second kappa shape index (κ2) is 5.86. The van der Waals surface area contributed by atoms with Gasteiger partial charge in [0.15, 0.2) is 0 Å². The lowest BCUT2D eigenvalue weighted by atomic mass is 10.2. The number of thioether (sulfide) groups is 1. The molecule has 1 aliphatic rings. The van der Waals surface area contributed by atoms with Crippen LogP contribution in [0.2, 0.25) is 0 Å². The molecule has 1 saturated heterocycles. The highest BCUT2D eigenvalue weighted by atomic mass is 32.2. The molecule has 0 aliphatic carbocycles. The Morgan fingerprint density at radius 3 is 2.64 bits per heavy atom. The van der Waals surface area contributed by atoms with E-state index in [-0.39, 0.29) is 0 Å². The Morgan fingerprint density at radius 1 is 1.27 bits per heavy atom. The van der Waals surface area contributed by atoms with Gasteiger partial charge in [-0.15, -0.1) is 0 Å². The van der Waals surface area contributed by atoms with E-state index in [4.69, 9.17) is 0 Å². The van der Waals surface area contributed by atoms with E-state index in [0.29, 0.717) is 0 Å². The fourth-order valence-electron chi connectivity index (χ4n) is 1.36. The van der Waals surface area contributed by atoms with Crippen LogP contribution in [0, 0.1) is 0 Å². The van der Waals surface area contributed by atoms with Crippen molar-refractivity contribution >= 4 is 11.8 Å². The fraction of sp³-hybridized carbons (Fsp3) is 1.00. The smallest absolute Gasteiger partial charge is 0.0193 e. The van der Waals surface area contributed by atoms with Gasteiger partial charge in [0.25, 0.3) is 0 Å². The molecule has 0 saturated carbocycles. The molecule has 1 N–H and O–H groups in total. The summed E-state index contributed by atoms with van der Waals surface area (Å²) in [6.07, 6.45) is 6.30. The number of nitrogens with zero attached hydrogens (tertiary/aromatic N) is 1. The quantitative estimate of drug-likeness (QED) is 0.648. The van der Waals surface area contributed by atoms with Crippen molar-refractivity contribution in [3.63, 3.8) is 0 Å². The first kappa shape index (κ1) is 9.36. The number of hydrogen-bond donors (Lipinski definition) is 1. The van der Waals surface area contributed by atoms with Gasteiger partial charge in [0, 0.05) is 25.4 Å². The molecule has 66 valence electrons. The maximum absolute atomic E-state index is 3.44. The standard InChI is InChI=1S/C8H18N2S/c1-11-8-5-9-10-6-3-2-4-7-10/h9H,2-8H2,1H3. The zero-order valence-electron chi connectivity index (χ0n) is 7.31. The number of rotatable bonds is 4. The van der Waals surface area contributed by atoms with Crippen LogP contribution < -0.4 is 5.43 Å². The van der Waals surface area contributed by atoms with Crippen LogP contribution in [0.4, 0.5) is 0 Å². The van der Waals surface area contributed by atoms with Crippen molar-refractivity contribution < 1.29 is 0 Å². The van der Waals surface area contributed by atoms with Gasteiger partial charge in [-0.05, 0) is 19.1 Å². The highest BCUT2D eigenvalue weighted by molar-refractivity contribution is 7.98.